The maximum Gasteiger partial charge on any atom is 0.328 e. The number of aliphatic carboxylic acids is 1. The van der Waals surface area contributed by atoms with Crippen molar-refractivity contribution in [3.8, 4) is 0 Å². The molecule has 15 nitrogen and oxygen atoms in total. The molecule has 0 aliphatic rings. The molecular formula is C19H35N5O10S. The van der Waals surface area contributed by atoms with Gasteiger partial charge >= 0.3 is 5.97 Å². The first-order valence-electron chi connectivity index (χ1n) is 10.6. The van der Waals surface area contributed by atoms with Gasteiger partial charge < -0.3 is 52.5 Å². The minimum Gasteiger partial charge on any atom is -0.480 e. The Bertz CT molecular complexity index is 764. The monoisotopic (exact) mass is 525 g/mol. The molecule has 0 saturated carbocycles. The minimum absolute atomic E-state index is 0.0563. The van der Waals surface area contributed by atoms with Gasteiger partial charge in [-0.05, 0) is 27.7 Å². The summed E-state index contributed by atoms with van der Waals surface area (Å²) in [6.45, 7) is 4.53. The number of carbonyl (C=O) groups excluding carboxylic acids is 4. The van der Waals surface area contributed by atoms with Gasteiger partial charge in [0.05, 0.1) is 30.5 Å². The molecule has 0 spiro atoms. The second kappa shape index (κ2) is 14.8. The molecule has 0 saturated heterocycles. The zero-order chi connectivity index (χ0) is 27.6. The molecule has 0 aliphatic heterocycles. The number of carbonyl (C=O) groups is 5. The van der Waals surface area contributed by atoms with Gasteiger partial charge in [0.15, 0.2) is 6.04 Å². The molecule has 0 aromatic carbocycles. The lowest BCUT2D eigenvalue weighted by Crippen LogP contribution is -2.64. The first-order valence-corrected chi connectivity index (χ1v) is 11.2. The van der Waals surface area contributed by atoms with Gasteiger partial charge in [0.2, 0.25) is 23.6 Å². The van der Waals surface area contributed by atoms with E-state index in [2.05, 4.69) is 28.6 Å². The molecule has 0 aromatic rings. The van der Waals surface area contributed by atoms with Crippen molar-refractivity contribution in [2.45, 2.75) is 82.3 Å². The van der Waals surface area contributed by atoms with Crippen molar-refractivity contribution in [1.29, 1.82) is 0 Å². The Hall–Kier alpha value is -2.50. The number of carboxylic acids is 1. The second-order valence-corrected chi connectivity index (χ2v) is 8.40. The average molecular weight is 526 g/mol. The molecule has 0 aliphatic carbocycles. The van der Waals surface area contributed by atoms with Gasteiger partial charge in [-0.25, -0.2) is 4.79 Å². The van der Waals surface area contributed by atoms with E-state index >= 15 is 0 Å². The lowest BCUT2D eigenvalue weighted by atomic mass is 10.1. The predicted molar refractivity (Wildman–Crippen MR) is 124 cm³/mol. The van der Waals surface area contributed by atoms with Gasteiger partial charge in [0.1, 0.15) is 18.1 Å². The van der Waals surface area contributed by atoms with Gasteiger partial charge in [-0.1, -0.05) is 0 Å². The fraction of sp³-hybridized carbons (Fsp3) is 0.737. The van der Waals surface area contributed by atoms with Gasteiger partial charge in [0, 0.05) is 5.75 Å². The first kappa shape index (κ1) is 32.5. The summed E-state index contributed by atoms with van der Waals surface area (Å²) in [7, 11) is 0. The lowest BCUT2D eigenvalue weighted by molar-refractivity contribution is -0.146. The summed E-state index contributed by atoms with van der Waals surface area (Å²) >= 11 is 3.86. The summed E-state index contributed by atoms with van der Waals surface area (Å²) in [6, 6.07) is -7.86. The molecule has 35 heavy (non-hydrogen) atoms. The van der Waals surface area contributed by atoms with Crippen LogP contribution in [0.15, 0.2) is 0 Å². The number of thiol groups is 1. The summed E-state index contributed by atoms with van der Waals surface area (Å²) in [6.07, 6.45) is -6.05. The quantitative estimate of drug-likeness (QED) is 0.0954. The van der Waals surface area contributed by atoms with Crippen molar-refractivity contribution in [2.24, 2.45) is 5.73 Å². The smallest absolute Gasteiger partial charge is 0.328 e. The van der Waals surface area contributed by atoms with Gasteiger partial charge in [-0.15, -0.1) is 0 Å². The summed E-state index contributed by atoms with van der Waals surface area (Å²) in [5.41, 5.74) is 5.53. The fourth-order valence-corrected chi connectivity index (χ4v) is 2.84. The van der Waals surface area contributed by atoms with Crippen LogP contribution in [-0.2, 0) is 24.0 Å². The van der Waals surface area contributed by atoms with Crippen LogP contribution in [0.3, 0.4) is 0 Å². The molecule has 0 rings (SSSR count). The number of hydrogen-bond donors (Lipinski definition) is 11. The maximum absolute atomic E-state index is 12.7. The zero-order valence-corrected chi connectivity index (χ0v) is 20.6. The van der Waals surface area contributed by atoms with Crippen LogP contribution in [0.1, 0.15) is 27.7 Å². The highest BCUT2D eigenvalue weighted by molar-refractivity contribution is 7.80. The third-order valence-corrected chi connectivity index (χ3v) is 5.16. The Labute approximate surface area is 207 Å². The van der Waals surface area contributed by atoms with Gasteiger partial charge in [-0.2, -0.15) is 12.6 Å². The highest BCUT2D eigenvalue weighted by atomic mass is 32.1. The Morgan fingerprint density at radius 2 is 0.886 bits per heavy atom. The van der Waals surface area contributed by atoms with Crippen LogP contribution in [-0.4, -0.2) is 116 Å². The van der Waals surface area contributed by atoms with Crippen LogP contribution in [0.25, 0.3) is 0 Å². The average Bonchev–Trinajstić information content (AvgIpc) is 2.75. The number of carboxylic acid groups (broad SMARTS) is 1. The van der Waals surface area contributed by atoms with Crippen LogP contribution in [0.5, 0.6) is 0 Å². The molecule has 0 bridgehead atoms. The molecule has 202 valence electrons. The normalized spacial score (nSPS) is 18.9. The van der Waals surface area contributed by atoms with Crippen LogP contribution in [0.4, 0.5) is 0 Å². The summed E-state index contributed by atoms with van der Waals surface area (Å²) in [5, 5.41) is 56.8. The number of hydrogen-bond acceptors (Lipinski definition) is 11. The van der Waals surface area contributed by atoms with Crippen LogP contribution < -0.4 is 27.0 Å². The third kappa shape index (κ3) is 10.3. The maximum atomic E-state index is 12.7. The molecular weight excluding hydrogens is 490 g/mol. The van der Waals surface area contributed by atoms with E-state index in [9.17, 15) is 44.4 Å². The van der Waals surface area contributed by atoms with Crippen LogP contribution in [0.2, 0.25) is 0 Å². The van der Waals surface area contributed by atoms with Crippen molar-refractivity contribution in [1.82, 2.24) is 21.3 Å². The van der Waals surface area contributed by atoms with Crippen LogP contribution >= 0.6 is 12.6 Å². The summed E-state index contributed by atoms with van der Waals surface area (Å²) in [5.74, 6) is -5.82. The van der Waals surface area contributed by atoms with E-state index in [-0.39, 0.29) is 5.75 Å². The van der Waals surface area contributed by atoms with E-state index in [1.165, 1.54) is 6.92 Å². The Morgan fingerprint density at radius 1 is 0.629 bits per heavy atom. The molecule has 16 heteroatoms. The van der Waals surface area contributed by atoms with E-state index in [0.29, 0.717) is 0 Å². The SMILES string of the molecule is C[C@@H](O)[C@H](NC(=O)[C@@H](NC(=O)[C@@H](NC(=O)[C@@H](NC(=O)[C@@H](N)CS)[C@@H](C)O)[C@@H](C)O)[C@@H](C)O)C(=O)O. The van der Waals surface area contributed by atoms with Crippen molar-refractivity contribution < 1.29 is 49.5 Å². The van der Waals surface area contributed by atoms with E-state index in [1.807, 2.05) is 5.32 Å². The first-order chi connectivity index (χ1) is 16.0. The predicted octanol–water partition coefficient (Wildman–Crippen LogP) is -5.21. The molecule has 9 atom stereocenters. The highest BCUT2D eigenvalue weighted by Gasteiger charge is 2.36. The van der Waals surface area contributed by atoms with Crippen LogP contribution in [0, 0.1) is 0 Å². The van der Waals surface area contributed by atoms with E-state index in [0.717, 1.165) is 20.8 Å². The number of aliphatic hydroxyl groups is 4. The van der Waals surface area contributed by atoms with Crippen molar-refractivity contribution in [2.75, 3.05) is 5.75 Å². The standard InChI is InChI=1S/C19H35N5O10S/c1-6(25)11(21-15(29)10(20)5-35)16(30)22-12(7(2)26)17(31)23-13(8(3)27)18(32)24-14(9(4)28)19(33)34/h6-14,25-28,35H,5,20H2,1-4H3,(H,21,29)(H,22,30)(H,23,31)(H,24,32)(H,33,34)/t6-,7-,8-,9-,10+,11+,12+,13+,14+/m1/s1. The summed E-state index contributed by atoms with van der Waals surface area (Å²) in [4.78, 5) is 61.0. The lowest BCUT2D eigenvalue weighted by Gasteiger charge is -2.29. The topological polar surface area (TPSA) is 261 Å². The molecule has 0 aromatic heterocycles. The minimum atomic E-state index is -1.74. The van der Waals surface area contributed by atoms with E-state index in [1.54, 1.807) is 0 Å². The number of nitrogens with two attached hydrogens (primary N) is 1. The third-order valence-electron chi connectivity index (χ3n) is 4.77. The highest BCUT2D eigenvalue weighted by Crippen LogP contribution is 2.03. The number of rotatable bonds is 14. The number of nitrogens with one attached hydrogen (secondary N) is 4. The van der Waals surface area contributed by atoms with Crippen molar-refractivity contribution >= 4 is 42.2 Å². The van der Waals surface area contributed by atoms with Crippen molar-refractivity contribution in [3.63, 3.8) is 0 Å². The van der Waals surface area contributed by atoms with E-state index < -0.39 is 84.2 Å². The molecule has 0 fully saturated rings. The van der Waals surface area contributed by atoms with E-state index in [4.69, 9.17) is 10.8 Å². The molecule has 0 heterocycles. The van der Waals surface area contributed by atoms with Gasteiger partial charge in [-0.3, -0.25) is 19.2 Å². The molecule has 4 amide bonds. The zero-order valence-electron chi connectivity index (χ0n) is 19.7. The number of amides is 4. The van der Waals surface area contributed by atoms with Gasteiger partial charge in [0.25, 0.3) is 0 Å². The molecule has 0 radical (unpaired) electrons. The summed E-state index contributed by atoms with van der Waals surface area (Å²) < 4.78 is 0. The second-order valence-electron chi connectivity index (χ2n) is 8.03. The van der Waals surface area contributed by atoms with Crippen molar-refractivity contribution in [3.05, 3.63) is 0 Å². The number of aliphatic hydroxyl groups excluding tert-OH is 4. The molecule has 11 N–H and O–H groups in total. The Balaban J connectivity index is 5.61. The Morgan fingerprint density at radius 3 is 1.11 bits per heavy atom. The fourth-order valence-electron chi connectivity index (χ4n) is 2.68. The Kier molecular flexibility index (Phi) is 13.7. The molecule has 0 unspecified atom stereocenters. The largest absolute Gasteiger partial charge is 0.480 e.